The topological polar surface area (TPSA) is 123 Å². The van der Waals surface area contributed by atoms with Gasteiger partial charge in [-0.2, -0.15) is 0 Å². The molecule has 0 aliphatic carbocycles. The summed E-state index contributed by atoms with van der Waals surface area (Å²) in [7, 11) is -2.35. The summed E-state index contributed by atoms with van der Waals surface area (Å²) < 4.78 is 6.17. The average Bonchev–Trinajstić information content (AvgIpc) is 3.03. The fourth-order valence-corrected chi connectivity index (χ4v) is 5.84. The number of benzene rings is 3. The van der Waals surface area contributed by atoms with Crippen molar-refractivity contribution < 1.29 is 18.9 Å². The zero-order chi connectivity index (χ0) is 34.0. The van der Waals surface area contributed by atoms with Gasteiger partial charge in [-0.15, -0.1) is 0 Å². The van der Waals surface area contributed by atoms with Crippen LogP contribution in [0, 0.1) is 6.92 Å². The molecule has 0 radical (unpaired) electrons. The van der Waals surface area contributed by atoms with Gasteiger partial charge in [0.2, 0.25) is 20.1 Å². The average molecular weight is 643 g/mol. The predicted octanol–water partition coefficient (Wildman–Crippen LogP) is 6.58. The molecule has 0 aliphatic heterocycles. The first-order chi connectivity index (χ1) is 21.8. The lowest BCUT2D eigenvalue weighted by atomic mass is 9.70. The molecule has 0 fully saturated rings. The minimum Gasteiger partial charge on any atom is -0.351 e. The van der Waals surface area contributed by atoms with Gasteiger partial charge in [-0.05, 0) is 60.2 Å². The van der Waals surface area contributed by atoms with Crippen molar-refractivity contribution in [2.45, 2.75) is 89.9 Å². The van der Waals surface area contributed by atoms with Crippen molar-refractivity contribution in [1.29, 1.82) is 0 Å². The van der Waals surface area contributed by atoms with Crippen LogP contribution in [0.4, 0.5) is 0 Å². The van der Waals surface area contributed by atoms with Crippen LogP contribution >= 0.6 is 0 Å². The summed E-state index contributed by atoms with van der Waals surface area (Å²) in [6, 6.07) is 24.9. The summed E-state index contributed by atoms with van der Waals surface area (Å²) in [4.78, 5) is 42.3. The van der Waals surface area contributed by atoms with Crippen molar-refractivity contribution in [1.82, 2.24) is 16.2 Å². The Morgan fingerprint density at radius 1 is 0.935 bits per heavy atom. The van der Waals surface area contributed by atoms with E-state index in [1.165, 1.54) is 0 Å². The zero-order valence-electron chi connectivity index (χ0n) is 28.3. The molecule has 8 nitrogen and oxygen atoms in total. The van der Waals surface area contributed by atoms with Gasteiger partial charge in [0.1, 0.15) is 0 Å². The number of hydrogen-bond donors (Lipinski definition) is 4. The van der Waals surface area contributed by atoms with Crippen molar-refractivity contribution in [3.05, 3.63) is 113 Å². The standard InChI is InChI=1S/C37H50N4O4Si/c1-8-24-37(35(44)40-38,34(43)39-26-29-18-13-10-14-19-29)32-23-22-27(2)25-31(32)30(21-15-20-28-16-11-9-12-17-28)33(42)41-45-46(6,7)36(3,4)5/h9-20,22-23,25,30H,8,21,24,26,38H2,1-7H3,(H,39,43)(H,40,44)(H,41,42)/b20-15+/t30-,37+/m0/s1. The number of hydrogen-bond acceptors (Lipinski definition) is 5. The van der Waals surface area contributed by atoms with Crippen LogP contribution in [0.25, 0.3) is 6.08 Å². The van der Waals surface area contributed by atoms with E-state index in [-0.39, 0.29) is 23.9 Å². The molecular formula is C37H50N4O4Si. The molecule has 246 valence electrons. The second kappa shape index (κ2) is 16.0. The number of aryl methyl sites for hydroxylation is 1. The summed E-state index contributed by atoms with van der Waals surface area (Å²) in [5.74, 6) is 3.54. The number of hydroxylamine groups is 1. The molecular weight excluding hydrogens is 593 g/mol. The van der Waals surface area contributed by atoms with Crippen LogP contribution in [-0.4, -0.2) is 26.0 Å². The van der Waals surface area contributed by atoms with Gasteiger partial charge in [0.15, 0.2) is 5.41 Å². The van der Waals surface area contributed by atoms with Crippen LogP contribution in [0.1, 0.15) is 80.7 Å². The van der Waals surface area contributed by atoms with E-state index >= 15 is 0 Å². The first kappa shape index (κ1) is 36.4. The zero-order valence-corrected chi connectivity index (χ0v) is 29.3. The molecule has 0 heterocycles. The molecule has 0 aliphatic rings. The monoisotopic (exact) mass is 642 g/mol. The van der Waals surface area contributed by atoms with E-state index < -0.39 is 31.5 Å². The number of carbonyl (C=O) groups is 3. The molecule has 46 heavy (non-hydrogen) atoms. The van der Waals surface area contributed by atoms with Gasteiger partial charge in [0, 0.05) is 6.54 Å². The fourth-order valence-electron chi connectivity index (χ4n) is 5.18. The maximum Gasteiger partial charge on any atom is 0.254 e. The Bertz CT molecular complexity index is 1500. The van der Waals surface area contributed by atoms with Crippen molar-refractivity contribution in [2.24, 2.45) is 5.84 Å². The lowest BCUT2D eigenvalue weighted by Crippen LogP contribution is -2.56. The Labute approximate surface area is 275 Å². The summed E-state index contributed by atoms with van der Waals surface area (Å²) in [5.41, 5.74) is 7.15. The van der Waals surface area contributed by atoms with E-state index in [0.29, 0.717) is 24.0 Å². The maximum absolute atomic E-state index is 14.3. The summed E-state index contributed by atoms with van der Waals surface area (Å²) in [6.45, 7) is 14.5. The number of rotatable bonds is 14. The SMILES string of the molecule is CCC[C@](C(=O)NN)(C(=O)NCc1ccccc1)c1ccc(C)cc1[C@H](C/C=C/c1ccccc1)C(=O)NO[Si](C)(C)C(C)(C)C. The van der Waals surface area contributed by atoms with Crippen LogP contribution in [0.5, 0.6) is 0 Å². The van der Waals surface area contributed by atoms with Crippen LogP contribution in [0.3, 0.4) is 0 Å². The van der Waals surface area contributed by atoms with Crippen LogP contribution in [0.2, 0.25) is 18.1 Å². The number of nitrogens with one attached hydrogen (secondary N) is 3. The second-order valence-corrected chi connectivity index (χ2v) is 18.0. The smallest absolute Gasteiger partial charge is 0.254 e. The maximum atomic E-state index is 14.3. The van der Waals surface area contributed by atoms with Gasteiger partial charge in [-0.3, -0.25) is 19.8 Å². The molecule has 3 aromatic rings. The third-order valence-corrected chi connectivity index (χ3v) is 13.1. The molecule has 2 atom stereocenters. The highest BCUT2D eigenvalue weighted by Gasteiger charge is 2.49. The number of allylic oxidation sites excluding steroid dienone is 1. The minimum absolute atomic E-state index is 0.135. The Hall–Kier alpha value is -4.05. The van der Waals surface area contributed by atoms with Crippen LogP contribution in [0.15, 0.2) is 84.9 Å². The van der Waals surface area contributed by atoms with E-state index in [1.807, 2.05) is 98.8 Å². The predicted molar refractivity (Wildman–Crippen MR) is 188 cm³/mol. The Balaban J connectivity index is 2.16. The third kappa shape index (κ3) is 8.81. The van der Waals surface area contributed by atoms with E-state index in [1.54, 1.807) is 6.07 Å². The number of amides is 3. The number of carbonyl (C=O) groups excluding carboxylic acids is 3. The van der Waals surface area contributed by atoms with Gasteiger partial charge in [0.05, 0.1) is 5.92 Å². The molecule has 0 aromatic heterocycles. The molecule has 3 rings (SSSR count). The minimum atomic E-state index is -2.35. The molecule has 5 N–H and O–H groups in total. The third-order valence-electron chi connectivity index (χ3n) is 8.88. The molecule has 0 unspecified atom stereocenters. The summed E-state index contributed by atoms with van der Waals surface area (Å²) >= 11 is 0. The van der Waals surface area contributed by atoms with Crippen LogP contribution in [-0.2, 0) is 30.9 Å². The van der Waals surface area contributed by atoms with Crippen molar-refractivity contribution >= 4 is 32.1 Å². The van der Waals surface area contributed by atoms with Gasteiger partial charge in [0.25, 0.3) is 5.91 Å². The van der Waals surface area contributed by atoms with E-state index in [4.69, 9.17) is 10.4 Å². The summed E-state index contributed by atoms with van der Waals surface area (Å²) in [6.07, 6.45) is 4.90. The first-order valence-corrected chi connectivity index (χ1v) is 18.8. The van der Waals surface area contributed by atoms with Gasteiger partial charge < -0.3 is 9.84 Å². The Kier molecular flexibility index (Phi) is 12.6. The molecule has 0 spiro atoms. The molecule has 0 saturated carbocycles. The van der Waals surface area contributed by atoms with Crippen LogP contribution < -0.4 is 22.1 Å². The number of nitrogens with two attached hydrogens (primary N) is 1. The molecule has 0 saturated heterocycles. The van der Waals surface area contributed by atoms with Gasteiger partial charge in [-0.25, -0.2) is 11.3 Å². The highest BCUT2D eigenvalue weighted by Crippen LogP contribution is 2.39. The molecule has 3 amide bonds. The first-order valence-electron chi connectivity index (χ1n) is 15.9. The fraction of sp³-hybridized carbons (Fsp3) is 0.378. The van der Waals surface area contributed by atoms with Crippen molar-refractivity contribution in [3.8, 4) is 0 Å². The van der Waals surface area contributed by atoms with Crippen molar-refractivity contribution in [2.75, 3.05) is 0 Å². The second-order valence-electron chi connectivity index (χ2n) is 13.3. The van der Waals surface area contributed by atoms with Crippen molar-refractivity contribution in [3.63, 3.8) is 0 Å². The summed E-state index contributed by atoms with van der Waals surface area (Å²) in [5, 5.41) is 2.85. The van der Waals surface area contributed by atoms with E-state index in [2.05, 4.69) is 50.1 Å². The highest BCUT2D eigenvalue weighted by molar-refractivity contribution is 6.74. The Morgan fingerprint density at radius 2 is 1.57 bits per heavy atom. The largest absolute Gasteiger partial charge is 0.351 e. The molecule has 3 aromatic carbocycles. The molecule has 9 heteroatoms. The van der Waals surface area contributed by atoms with Gasteiger partial charge >= 0.3 is 0 Å². The Morgan fingerprint density at radius 3 is 2.15 bits per heavy atom. The van der Waals surface area contributed by atoms with Gasteiger partial charge in [-0.1, -0.05) is 131 Å². The van der Waals surface area contributed by atoms with E-state index in [0.717, 1.165) is 16.7 Å². The number of hydrazine groups is 1. The molecule has 0 bridgehead atoms. The lowest BCUT2D eigenvalue weighted by molar-refractivity contribution is -0.139. The lowest BCUT2D eigenvalue weighted by Gasteiger charge is -2.36. The normalized spacial score (nSPS) is 13.9. The quantitative estimate of drug-likeness (QED) is 0.0520. The highest BCUT2D eigenvalue weighted by atomic mass is 28.4. The van der Waals surface area contributed by atoms with E-state index in [9.17, 15) is 14.4 Å².